The van der Waals surface area contributed by atoms with E-state index in [0.717, 1.165) is 50.9 Å². The number of aromatic nitrogens is 4. The van der Waals surface area contributed by atoms with Gasteiger partial charge >= 0.3 is 6.03 Å². The Morgan fingerprint density at radius 2 is 1.76 bits per heavy atom. The summed E-state index contributed by atoms with van der Waals surface area (Å²) in [6.45, 7) is 3.63. The van der Waals surface area contributed by atoms with Gasteiger partial charge in [-0.3, -0.25) is 9.36 Å². The van der Waals surface area contributed by atoms with Crippen LogP contribution in [0.1, 0.15) is 86.3 Å². The maximum absolute atomic E-state index is 12.9. The van der Waals surface area contributed by atoms with Crippen LogP contribution in [0, 0.1) is 6.92 Å². The summed E-state index contributed by atoms with van der Waals surface area (Å²) < 4.78 is 4.26. The second kappa shape index (κ2) is 7.84. The molecule has 1 saturated heterocycles. The third-order valence-electron chi connectivity index (χ3n) is 6.96. The fraction of sp³-hybridized carbons (Fsp3) is 0.682. The summed E-state index contributed by atoms with van der Waals surface area (Å²) >= 11 is 0. The van der Waals surface area contributed by atoms with E-state index in [1.54, 1.807) is 0 Å². The Morgan fingerprint density at radius 1 is 1.00 bits per heavy atom. The lowest BCUT2D eigenvalue weighted by atomic mass is 9.94. The molecule has 5 rings (SSSR count). The standard InChI is InChI=1S/C22H32N6O/c1-16-13-23-27(14-16)19-9-11-26(12-10-19)22(29)24-20-8-4-5-17-15-28(25-21(17)20)18-6-2-3-7-18/h13-15,18-20H,2-12H2,1H3,(H,24,29). The average Bonchev–Trinajstić information content (AvgIpc) is 3.48. The molecule has 2 amide bonds. The maximum Gasteiger partial charge on any atom is 0.317 e. The highest BCUT2D eigenvalue weighted by atomic mass is 16.2. The number of urea groups is 1. The molecule has 156 valence electrons. The van der Waals surface area contributed by atoms with Crippen LogP contribution in [-0.2, 0) is 6.42 Å². The van der Waals surface area contributed by atoms with Gasteiger partial charge in [-0.2, -0.15) is 10.2 Å². The number of aryl methyl sites for hydroxylation is 2. The van der Waals surface area contributed by atoms with Crippen molar-refractivity contribution in [1.29, 1.82) is 0 Å². The van der Waals surface area contributed by atoms with Crippen molar-refractivity contribution >= 4 is 6.03 Å². The summed E-state index contributed by atoms with van der Waals surface area (Å²) in [7, 11) is 0. The minimum Gasteiger partial charge on any atom is -0.330 e. The van der Waals surface area contributed by atoms with Gasteiger partial charge in [-0.05, 0) is 63.0 Å². The molecule has 3 aliphatic rings. The molecule has 2 aromatic rings. The molecule has 2 aromatic heterocycles. The molecule has 1 aliphatic heterocycles. The number of nitrogens with zero attached hydrogens (tertiary/aromatic N) is 5. The average molecular weight is 397 g/mol. The van der Waals surface area contributed by atoms with Gasteiger partial charge in [0.1, 0.15) is 0 Å². The van der Waals surface area contributed by atoms with Gasteiger partial charge in [0.15, 0.2) is 0 Å². The highest BCUT2D eigenvalue weighted by Gasteiger charge is 2.30. The van der Waals surface area contributed by atoms with Gasteiger partial charge in [0.05, 0.1) is 30.0 Å². The zero-order chi connectivity index (χ0) is 19.8. The lowest BCUT2D eigenvalue weighted by molar-refractivity contribution is 0.164. The van der Waals surface area contributed by atoms with E-state index in [9.17, 15) is 4.79 Å². The highest BCUT2D eigenvalue weighted by Crippen LogP contribution is 2.34. The molecule has 0 radical (unpaired) electrons. The predicted molar refractivity (Wildman–Crippen MR) is 111 cm³/mol. The van der Waals surface area contributed by atoms with Crippen LogP contribution in [0.2, 0.25) is 0 Å². The Balaban J connectivity index is 1.21. The molecule has 1 saturated carbocycles. The summed E-state index contributed by atoms with van der Waals surface area (Å²) in [5.41, 5.74) is 3.63. The van der Waals surface area contributed by atoms with Gasteiger partial charge in [-0.1, -0.05) is 12.8 Å². The van der Waals surface area contributed by atoms with Crippen molar-refractivity contribution in [2.24, 2.45) is 0 Å². The van der Waals surface area contributed by atoms with Gasteiger partial charge in [-0.25, -0.2) is 4.79 Å². The largest absolute Gasteiger partial charge is 0.330 e. The van der Waals surface area contributed by atoms with E-state index < -0.39 is 0 Å². The van der Waals surface area contributed by atoms with Crippen LogP contribution in [-0.4, -0.2) is 43.6 Å². The Kier molecular flexibility index (Phi) is 5.06. The number of hydrogen-bond donors (Lipinski definition) is 1. The number of hydrogen-bond acceptors (Lipinski definition) is 3. The Labute approximate surface area is 172 Å². The molecular formula is C22H32N6O. The van der Waals surface area contributed by atoms with Crippen LogP contribution < -0.4 is 5.32 Å². The number of likely N-dealkylation sites (tertiary alicyclic amines) is 1. The van der Waals surface area contributed by atoms with Crippen molar-refractivity contribution in [3.05, 3.63) is 35.4 Å². The van der Waals surface area contributed by atoms with Crippen molar-refractivity contribution in [2.75, 3.05) is 13.1 Å². The first-order valence-electron chi connectivity index (χ1n) is 11.3. The molecule has 2 aliphatic carbocycles. The third-order valence-corrected chi connectivity index (χ3v) is 6.96. The summed E-state index contributed by atoms with van der Waals surface area (Å²) in [5.74, 6) is 0. The van der Waals surface area contributed by atoms with Crippen LogP contribution >= 0.6 is 0 Å². The van der Waals surface area contributed by atoms with Crippen molar-refractivity contribution in [2.45, 2.75) is 82.8 Å². The monoisotopic (exact) mass is 396 g/mol. The van der Waals surface area contributed by atoms with Crippen LogP contribution in [0.15, 0.2) is 18.6 Å². The molecule has 1 N–H and O–H groups in total. The first-order valence-corrected chi connectivity index (χ1v) is 11.3. The Bertz CT molecular complexity index is 857. The summed E-state index contributed by atoms with van der Waals surface area (Å²) in [5, 5.41) is 12.7. The molecule has 2 fully saturated rings. The molecule has 29 heavy (non-hydrogen) atoms. The lowest BCUT2D eigenvalue weighted by Gasteiger charge is -2.33. The fourth-order valence-corrected chi connectivity index (χ4v) is 5.27. The number of nitrogens with one attached hydrogen (secondary N) is 1. The molecule has 7 heteroatoms. The second-order valence-corrected chi connectivity index (χ2v) is 9.07. The smallest absolute Gasteiger partial charge is 0.317 e. The van der Waals surface area contributed by atoms with Crippen molar-refractivity contribution in [3.8, 4) is 0 Å². The number of carbonyl (C=O) groups excluding carboxylic acids is 1. The minimum atomic E-state index is 0.0559. The van der Waals surface area contributed by atoms with E-state index in [1.807, 2.05) is 11.1 Å². The summed E-state index contributed by atoms with van der Waals surface area (Å²) in [6.07, 6.45) is 16.5. The molecule has 1 atom stereocenters. The SMILES string of the molecule is Cc1cnn(C2CCN(C(=O)NC3CCCc4cn(C5CCCC5)nc43)CC2)c1. The number of carbonyl (C=O) groups is 1. The van der Waals surface area contributed by atoms with Crippen LogP contribution in [0.3, 0.4) is 0 Å². The van der Waals surface area contributed by atoms with E-state index >= 15 is 0 Å². The van der Waals surface area contributed by atoms with E-state index in [2.05, 4.69) is 39.1 Å². The quantitative estimate of drug-likeness (QED) is 0.855. The molecule has 7 nitrogen and oxygen atoms in total. The lowest BCUT2D eigenvalue weighted by Crippen LogP contribution is -2.46. The van der Waals surface area contributed by atoms with Gasteiger partial charge in [-0.15, -0.1) is 0 Å². The van der Waals surface area contributed by atoms with E-state index in [-0.39, 0.29) is 12.1 Å². The number of piperidine rings is 1. The molecule has 0 bridgehead atoms. The summed E-state index contributed by atoms with van der Waals surface area (Å²) in [6, 6.07) is 1.08. The van der Waals surface area contributed by atoms with E-state index in [4.69, 9.17) is 5.10 Å². The third kappa shape index (κ3) is 3.79. The summed E-state index contributed by atoms with van der Waals surface area (Å²) in [4.78, 5) is 14.9. The molecular weight excluding hydrogens is 364 g/mol. The normalized spacial score (nSPS) is 23.3. The van der Waals surface area contributed by atoms with E-state index in [0.29, 0.717) is 12.1 Å². The zero-order valence-corrected chi connectivity index (χ0v) is 17.4. The minimum absolute atomic E-state index is 0.0559. The van der Waals surface area contributed by atoms with Crippen molar-refractivity contribution < 1.29 is 4.79 Å². The van der Waals surface area contributed by atoms with Gasteiger partial charge < -0.3 is 10.2 Å². The van der Waals surface area contributed by atoms with Crippen LogP contribution in [0.25, 0.3) is 0 Å². The predicted octanol–water partition coefficient (Wildman–Crippen LogP) is 3.93. The van der Waals surface area contributed by atoms with Gasteiger partial charge in [0, 0.05) is 25.5 Å². The molecule has 0 spiro atoms. The topological polar surface area (TPSA) is 68.0 Å². The van der Waals surface area contributed by atoms with Gasteiger partial charge in [0.25, 0.3) is 0 Å². The van der Waals surface area contributed by atoms with Crippen molar-refractivity contribution in [3.63, 3.8) is 0 Å². The number of rotatable bonds is 3. The Morgan fingerprint density at radius 3 is 2.48 bits per heavy atom. The highest BCUT2D eigenvalue weighted by molar-refractivity contribution is 5.74. The number of amides is 2. The van der Waals surface area contributed by atoms with Gasteiger partial charge in [0.2, 0.25) is 0 Å². The van der Waals surface area contributed by atoms with Crippen LogP contribution in [0.5, 0.6) is 0 Å². The van der Waals surface area contributed by atoms with Crippen LogP contribution in [0.4, 0.5) is 4.79 Å². The first kappa shape index (κ1) is 18.7. The maximum atomic E-state index is 12.9. The number of fused-ring (bicyclic) bond motifs is 1. The fourth-order valence-electron chi connectivity index (χ4n) is 5.27. The van der Waals surface area contributed by atoms with E-state index in [1.165, 1.54) is 36.8 Å². The van der Waals surface area contributed by atoms with Crippen molar-refractivity contribution in [1.82, 2.24) is 29.8 Å². The first-order chi connectivity index (χ1) is 14.2. The second-order valence-electron chi connectivity index (χ2n) is 9.07. The Hall–Kier alpha value is -2.31. The molecule has 0 aromatic carbocycles. The molecule has 1 unspecified atom stereocenters. The zero-order valence-electron chi connectivity index (χ0n) is 17.4. The molecule has 3 heterocycles.